The zero-order chi connectivity index (χ0) is 24.4. The number of benzene rings is 2. The average Bonchev–Trinajstić information content (AvgIpc) is 3.46. The Morgan fingerprint density at radius 3 is 2.71 bits per heavy atom. The monoisotopic (exact) mass is 479 g/mol. The zero-order valence-electron chi connectivity index (χ0n) is 19.9. The van der Waals surface area contributed by atoms with E-state index in [2.05, 4.69) is 20.2 Å². The van der Waals surface area contributed by atoms with Gasteiger partial charge in [-0.05, 0) is 30.3 Å². The summed E-state index contributed by atoms with van der Waals surface area (Å²) in [5.74, 6) is 1.26. The summed E-state index contributed by atoms with van der Waals surface area (Å²) in [6.45, 7) is 4.29. The minimum Gasteiger partial charge on any atom is -0.493 e. The van der Waals surface area contributed by atoms with Crippen LogP contribution in [0.25, 0.3) is 11.0 Å². The second-order valence-electron chi connectivity index (χ2n) is 8.74. The molecule has 0 radical (unpaired) electrons. The van der Waals surface area contributed by atoms with Crippen molar-refractivity contribution in [1.82, 2.24) is 14.9 Å². The molecule has 2 aliphatic rings. The summed E-state index contributed by atoms with van der Waals surface area (Å²) in [6, 6.07) is 10.9. The Balaban J connectivity index is 1.24. The number of hydrogen-bond acceptors (Lipinski definition) is 7. The van der Waals surface area contributed by atoms with Crippen LogP contribution in [0.1, 0.15) is 12.2 Å². The number of carbonyl (C=O) groups is 2. The number of anilines is 2. The van der Waals surface area contributed by atoms with Crippen molar-refractivity contribution in [3.63, 3.8) is 0 Å². The smallest absolute Gasteiger partial charge is 0.229 e. The van der Waals surface area contributed by atoms with Crippen LogP contribution in [-0.2, 0) is 20.9 Å². The van der Waals surface area contributed by atoms with Gasteiger partial charge in [0.25, 0.3) is 0 Å². The lowest BCUT2D eigenvalue weighted by Gasteiger charge is -2.25. The molecule has 2 fully saturated rings. The molecule has 0 bridgehead atoms. The summed E-state index contributed by atoms with van der Waals surface area (Å²) < 4.78 is 16.0. The summed E-state index contributed by atoms with van der Waals surface area (Å²) in [4.78, 5) is 37.6. The van der Waals surface area contributed by atoms with Gasteiger partial charge in [0.1, 0.15) is 5.82 Å². The van der Waals surface area contributed by atoms with E-state index in [-0.39, 0.29) is 18.2 Å². The van der Waals surface area contributed by atoms with Crippen molar-refractivity contribution in [2.24, 2.45) is 5.92 Å². The van der Waals surface area contributed by atoms with Crippen molar-refractivity contribution >= 4 is 34.2 Å². The van der Waals surface area contributed by atoms with E-state index >= 15 is 0 Å². The fourth-order valence-corrected chi connectivity index (χ4v) is 4.56. The number of rotatable bonds is 7. The molecule has 0 aliphatic carbocycles. The van der Waals surface area contributed by atoms with E-state index in [1.165, 1.54) is 0 Å². The number of morpholine rings is 1. The zero-order valence-corrected chi connectivity index (χ0v) is 19.9. The van der Waals surface area contributed by atoms with Crippen LogP contribution < -0.4 is 19.7 Å². The first-order valence-corrected chi connectivity index (χ1v) is 11.7. The first-order valence-electron chi connectivity index (χ1n) is 11.7. The Hall–Kier alpha value is -3.63. The molecule has 3 heterocycles. The van der Waals surface area contributed by atoms with Gasteiger partial charge in [0.15, 0.2) is 11.5 Å². The predicted molar refractivity (Wildman–Crippen MR) is 131 cm³/mol. The normalized spacial score (nSPS) is 18.7. The Kier molecular flexibility index (Phi) is 6.56. The van der Waals surface area contributed by atoms with Crippen molar-refractivity contribution < 1.29 is 23.8 Å². The van der Waals surface area contributed by atoms with Crippen LogP contribution in [0.2, 0.25) is 0 Å². The van der Waals surface area contributed by atoms with Crippen molar-refractivity contribution in [2.75, 3.05) is 57.3 Å². The van der Waals surface area contributed by atoms with Crippen LogP contribution in [-0.4, -0.2) is 73.7 Å². The van der Waals surface area contributed by atoms with Crippen LogP contribution >= 0.6 is 0 Å². The van der Waals surface area contributed by atoms with Crippen molar-refractivity contribution in [3.05, 3.63) is 42.2 Å². The molecule has 184 valence electrons. The third-order valence-electron chi connectivity index (χ3n) is 6.45. The van der Waals surface area contributed by atoms with Crippen LogP contribution in [0.15, 0.2) is 36.4 Å². The largest absolute Gasteiger partial charge is 0.493 e. The highest BCUT2D eigenvalue weighted by molar-refractivity contribution is 6.04. The van der Waals surface area contributed by atoms with E-state index in [9.17, 15) is 9.59 Å². The third-order valence-corrected chi connectivity index (χ3v) is 6.45. The highest BCUT2D eigenvalue weighted by atomic mass is 16.5. The SMILES string of the molecule is COc1ccc(N2CC(C(=O)Nc3ccc4nc(CN5CCOCC5)[nH]c4c3)CC2=O)cc1OC. The summed E-state index contributed by atoms with van der Waals surface area (Å²) in [5.41, 5.74) is 3.05. The van der Waals surface area contributed by atoms with Gasteiger partial charge in [0.05, 0.1) is 50.9 Å². The molecule has 1 atom stereocenters. The molecule has 2 N–H and O–H groups in total. The quantitative estimate of drug-likeness (QED) is 0.536. The molecule has 1 unspecified atom stereocenters. The van der Waals surface area contributed by atoms with Gasteiger partial charge >= 0.3 is 0 Å². The van der Waals surface area contributed by atoms with Crippen molar-refractivity contribution in [3.8, 4) is 11.5 Å². The number of amides is 2. The van der Waals surface area contributed by atoms with Gasteiger partial charge in [-0.3, -0.25) is 14.5 Å². The molecule has 2 aromatic carbocycles. The number of aromatic amines is 1. The van der Waals surface area contributed by atoms with Crippen LogP contribution in [0.3, 0.4) is 0 Å². The molecule has 10 nitrogen and oxygen atoms in total. The van der Waals surface area contributed by atoms with Gasteiger partial charge < -0.3 is 29.4 Å². The number of nitrogens with one attached hydrogen (secondary N) is 2. The first-order chi connectivity index (χ1) is 17.0. The standard InChI is InChI=1S/C25H29N5O5/c1-33-21-6-4-18(13-22(21)34-2)30-14-16(11-24(30)31)25(32)26-17-3-5-19-20(12-17)28-23(27-19)15-29-7-9-35-10-8-29/h3-6,12-13,16H,7-11,14-15H2,1-2H3,(H,26,32)(H,27,28). The molecular weight excluding hydrogens is 450 g/mol. The van der Waals surface area contributed by atoms with E-state index in [0.717, 1.165) is 49.7 Å². The lowest BCUT2D eigenvalue weighted by atomic mass is 10.1. The first kappa shape index (κ1) is 23.1. The molecule has 2 aliphatic heterocycles. The van der Waals surface area contributed by atoms with E-state index in [1.54, 1.807) is 37.3 Å². The molecule has 2 amide bonds. The number of hydrogen-bond donors (Lipinski definition) is 2. The second-order valence-corrected chi connectivity index (χ2v) is 8.74. The molecule has 5 rings (SSSR count). The Morgan fingerprint density at radius 2 is 1.94 bits per heavy atom. The fourth-order valence-electron chi connectivity index (χ4n) is 4.56. The van der Waals surface area contributed by atoms with Gasteiger partial charge in [0, 0.05) is 43.5 Å². The van der Waals surface area contributed by atoms with Gasteiger partial charge in [-0.25, -0.2) is 4.98 Å². The molecule has 10 heteroatoms. The summed E-state index contributed by atoms with van der Waals surface area (Å²) >= 11 is 0. The highest BCUT2D eigenvalue weighted by Gasteiger charge is 2.35. The van der Waals surface area contributed by atoms with Crippen molar-refractivity contribution in [2.45, 2.75) is 13.0 Å². The van der Waals surface area contributed by atoms with Crippen LogP contribution in [0, 0.1) is 5.92 Å². The van der Waals surface area contributed by atoms with E-state index in [0.29, 0.717) is 29.4 Å². The number of aromatic nitrogens is 2. The number of H-pyrrole nitrogens is 1. The molecule has 2 saturated heterocycles. The number of ether oxygens (including phenoxy) is 3. The Bertz CT molecular complexity index is 1240. The van der Waals surface area contributed by atoms with Gasteiger partial charge in [-0.15, -0.1) is 0 Å². The van der Waals surface area contributed by atoms with Gasteiger partial charge in [-0.1, -0.05) is 0 Å². The number of carbonyl (C=O) groups excluding carboxylic acids is 2. The lowest BCUT2D eigenvalue weighted by molar-refractivity contribution is -0.122. The second kappa shape index (κ2) is 9.93. The summed E-state index contributed by atoms with van der Waals surface area (Å²) in [5, 5.41) is 2.96. The van der Waals surface area contributed by atoms with Crippen LogP contribution in [0.5, 0.6) is 11.5 Å². The maximum Gasteiger partial charge on any atom is 0.229 e. The lowest BCUT2D eigenvalue weighted by Crippen LogP contribution is -2.35. The maximum absolute atomic E-state index is 13.0. The Labute approximate surface area is 203 Å². The van der Waals surface area contributed by atoms with Crippen molar-refractivity contribution in [1.29, 1.82) is 0 Å². The third kappa shape index (κ3) is 4.94. The topological polar surface area (TPSA) is 109 Å². The molecule has 1 aromatic heterocycles. The van der Waals surface area contributed by atoms with E-state index < -0.39 is 5.92 Å². The average molecular weight is 480 g/mol. The number of imidazole rings is 1. The van der Waals surface area contributed by atoms with E-state index in [4.69, 9.17) is 14.2 Å². The number of fused-ring (bicyclic) bond motifs is 1. The molecular formula is C25H29N5O5. The maximum atomic E-state index is 13.0. The van der Waals surface area contributed by atoms with Gasteiger partial charge in [-0.2, -0.15) is 0 Å². The predicted octanol–water partition coefficient (Wildman–Crippen LogP) is 2.40. The van der Waals surface area contributed by atoms with Crippen LogP contribution in [0.4, 0.5) is 11.4 Å². The van der Waals surface area contributed by atoms with Gasteiger partial charge in [0.2, 0.25) is 11.8 Å². The molecule has 35 heavy (non-hydrogen) atoms. The number of methoxy groups -OCH3 is 2. The Morgan fingerprint density at radius 1 is 1.14 bits per heavy atom. The minimum atomic E-state index is -0.454. The number of nitrogens with zero attached hydrogens (tertiary/aromatic N) is 3. The summed E-state index contributed by atoms with van der Waals surface area (Å²) in [7, 11) is 3.11. The molecule has 0 spiro atoms. The van der Waals surface area contributed by atoms with E-state index in [1.807, 2.05) is 18.2 Å². The minimum absolute atomic E-state index is 0.103. The fraction of sp³-hybridized carbons (Fsp3) is 0.400. The molecule has 3 aromatic rings. The molecule has 0 saturated carbocycles. The summed E-state index contributed by atoms with van der Waals surface area (Å²) in [6.07, 6.45) is 0.149. The highest BCUT2D eigenvalue weighted by Crippen LogP contribution is 2.34.